The van der Waals surface area contributed by atoms with Gasteiger partial charge >= 0.3 is 0 Å². The molecule has 0 saturated heterocycles. The minimum atomic E-state index is -0.341. The number of carbonyl (C=O) groups is 1. The Hall–Kier alpha value is -1.06. The zero-order valence-electron chi connectivity index (χ0n) is 6.29. The van der Waals surface area contributed by atoms with Gasteiger partial charge in [0, 0.05) is 19.4 Å². The molecule has 58 valence electrons. The number of amidine groups is 1. The van der Waals surface area contributed by atoms with Gasteiger partial charge in [-0.3, -0.25) is 9.79 Å². The van der Waals surface area contributed by atoms with Crippen LogP contribution in [0.5, 0.6) is 0 Å². The number of aliphatic imine (C=N–C) groups is 1. The molecule has 0 aromatic rings. The van der Waals surface area contributed by atoms with Gasteiger partial charge in [0.2, 0.25) is 5.91 Å². The van der Waals surface area contributed by atoms with Gasteiger partial charge in [0.1, 0.15) is 0 Å². The monoisotopic (exact) mass is 143 g/mol. The van der Waals surface area contributed by atoms with E-state index in [1.165, 1.54) is 0 Å². The molecule has 0 bridgehead atoms. The lowest BCUT2D eigenvalue weighted by Gasteiger charge is -2.04. The Morgan fingerprint density at radius 3 is 2.40 bits per heavy atom. The molecule has 10 heavy (non-hydrogen) atoms. The summed E-state index contributed by atoms with van der Waals surface area (Å²) in [5.41, 5.74) is 10.3. The van der Waals surface area contributed by atoms with Crippen LogP contribution in [0.25, 0.3) is 0 Å². The number of hydrogen-bond acceptors (Lipinski definition) is 2. The van der Waals surface area contributed by atoms with Crippen molar-refractivity contribution < 1.29 is 4.79 Å². The van der Waals surface area contributed by atoms with E-state index in [-0.39, 0.29) is 11.8 Å². The summed E-state index contributed by atoms with van der Waals surface area (Å²) in [6.07, 6.45) is 0.450. The highest BCUT2D eigenvalue weighted by Crippen LogP contribution is 1.98. The van der Waals surface area contributed by atoms with E-state index in [9.17, 15) is 4.79 Å². The van der Waals surface area contributed by atoms with Gasteiger partial charge in [-0.15, -0.1) is 0 Å². The van der Waals surface area contributed by atoms with Gasteiger partial charge in [-0.1, -0.05) is 6.92 Å². The molecule has 0 spiro atoms. The molecule has 1 amide bonds. The smallest absolute Gasteiger partial charge is 0.220 e. The van der Waals surface area contributed by atoms with Gasteiger partial charge in [-0.05, 0) is 0 Å². The maximum Gasteiger partial charge on any atom is 0.220 e. The topological polar surface area (TPSA) is 81.5 Å². The van der Waals surface area contributed by atoms with Crippen LogP contribution in [0, 0.1) is 5.92 Å². The van der Waals surface area contributed by atoms with E-state index in [1.54, 1.807) is 14.0 Å². The van der Waals surface area contributed by atoms with Gasteiger partial charge in [0.05, 0.1) is 5.84 Å². The molecule has 4 heteroatoms. The van der Waals surface area contributed by atoms with E-state index in [0.29, 0.717) is 12.3 Å². The molecule has 1 atom stereocenters. The van der Waals surface area contributed by atoms with Crippen molar-refractivity contribution in [3.05, 3.63) is 0 Å². The Bertz CT molecular complexity index is 153. The van der Waals surface area contributed by atoms with Crippen molar-refractivity contribution in [1.82, 2.24) is 0 Å². The van der Waals surface area contributed by atoms with Crippen molar-refractivity contribution in [1.29, 1.82) is 0 Å². The standard InChI is InChI=1S/C6H13N3O/c1-4(6(8)10)3-5(7)9-2/h4H,3H2,1-2H3,(H2,7,9)(H2,8,10). The molecular formula is C6H13N3O. The molecule has 0 heterocycles. The Balaban J connectivity index is 3.80. The highest BCUT2D eigenvalue weighted by molar-refractivity contribution is 5.86. The van der Waals surface area contributed by atoms with Gasteiger partial charge in [0.15, 0.2) is 0 Å². The quantitative estimate of drug-likeness (QED) is 0.412. The van der Waals surface area contributed by atoms with E-state index < -0.39 is 0 Å². The molecule has 4 nitrogen and oxygen atoms in total. The summed E-state index contributed by atoms with van der Waals surface area (Å²) in [7, 11) is 1.59. The molecule has 4 N–H and O–H groups in total. The van der Waals surface area contributed by atoms with Crippen molar-refractivity contribution >= 4 is 11.7 Å². The molecule has 1 unspecified atom stereocenters. The van der Waals surface area contributed by atoms with Crippen molar-refractivity contribution in [2.75, 3.05) is 7.05 Å². The van der Waals surface area contributed by atoms with Crippen LogP contribution in [-0.4, -0.2) is 18.8 Å². The van der Waals surface area contributed by atoms with Crippen molar-refractivity contribution in [2.24, 2.45) is 22.4 Å². The predicted molar refractivity (Wildman–Crippen MR) is 40.5 cm³/mol. The summed E-state index contributed by atoms with van der Waals surface area (Å²) in [5.74, 6) is -0.0957. The van der Waals surface area contributed by atoms with Crippen LogP contribution in [0.4, 0.5) is 0 Å². The lowest BCUT2D eigenvalue weighted by molar-refractivity contribution is -0.121. The number of carbonyl (C=O) groups excluding carboxylic acids is 1. The maximum absolute atomic E-state index is 10.5. The minimum absolute atomic E-state index is 0.219. The van der Waals surface area contributed by atoms with Crippen molar-refractivity contribution in [3.63, 3.8) is 0 Å². The molecule has 0 radical (unpaired) electrons. The van der Waals surface area contributed by atoms with Gasteiger partial charge in [-0.2, -0.15) is 0 Å². The number of amides is 1. The second kappa shape index (κ2) is 3.87. The fourth-order valence-electron chi connectivity index (χ4n) is 0.506. The number of primary amides is 1. The van der Waals surface area contributed by atoms with E-state index in [0.717, 1.165) is 0 Å². The Kier molecular flexibility index (Phi) is 3.46. The van der Waals surface area contributed by atoms with Gasteiger partial charge in [0.25, 0.3) is 0 Å². The maximum atomic E-state index is 10.5. The first kappa shape index (κ1) is 8.94. The lowest BCUT2D eigenvalue weighted by atomic mass is 10.1. The molecule has 0 saturated carbocycles. The second-order valence-electron chi connectivity index (χ2n) is 2.22. The SMILES string of the molecule is CN=C(N)CC(C)C(N)=O. The molecule has 0 aliphatic rings. The van der Waals surface area contributed by atoms with E-state index in [1.807, 2.05) is 0 Å². The fraction of sp³-hybridized carbons (Fsp3) is 0.667. The van der Waals surface area contributed by atoms with Crippen LogP contribution in [0.2, 0.25) is 0 Å². The Morgan fingerprint density at radius 1 is 1.60 bits per heavy atom. The van der Waals surface area contributed by atoms with E-state index >= 15 is 0 Å². The first-order valence-corrected chi connectivity index (χ1v) is 3.08. The number of hydrogen-bond donors (Lipinski definition) is 2. The third-order valence-electron chi connectivity index (χ3n) is 1.29. The van der Waals surface area contributed by atoms with Crippen LogP contribution in [0.15, 0.2) is 4.99 Å². The number of nitrogens with zero attached hydrogens (tertiary/aromatic N) is 1. The van der Waals surface area contributed by atoms with Crippen molar-refractivity contribution in [3.8, 4) is 0 Å². The predicted octanol–water partition coefficient (Wildman–Crippen LogP) is -0.515. The van der Waals surface area contributed by atoms with Crippen LogP contribution < -0.4 is 11.5 Å². The summed E-state index contributed by atoms with van der Waals surface area (Å²) >= 11 is 0. The summed E-state index contributed by atoms with van der Waals surface area (Å²) in [6, 6.07) is 0. The van der Waals surface area contributed by atoms with Crippen LogP contribution >= 0.6 is 0 Å². The molecule has 0 aromatic heterocycles. The normalized spacial score (nSPS) is 14.8. The van der Waals surface area contributed by atoms with Crippen LogP contribution in [0.1, 0.15) is 13.3 Å². The summed E-state index contributed by atoms with van der Waals surface area (Å²) < 4.78 is 0. The highest BCUT2D eigenvalue weighted by atomic mass is 16.1. The number of nitrogens with two attached hydrogens (primary N) is 2. The Morgan fingerprint density at radius 2 is 2.10 bits per heavy atom. The third kappa shape index (κ3) is 3.06. The summed E-state index contributed by atoms with van der Waals surface area (Å²) in [5, 5.41) is 0. The molecular weight excluding hydrogens is 130 g/mol. The Labute approximate surface area is 60.3 Å². The molecule has 0 rings (SSSR count). The molecule has 0 fully saturated rings. The fourth-order valence-corrected chi connectivity index (χ4v) is 0.506. The van der Waals surface area contributed by atoms with Gasteiger partial charge in [-0.25, -0.2) is 0 Å². The second-order valence-corrected chi connectivity index (χ2v) is 2.22. The van der Waals surface area contributed by atoms with E-state index in [2.05, 4.69) is 4.99 Å². The average Bonchev–Trinajstić information content (AvgIpc) is 1.87. The molecule has 0 aromatic carbocycles. The van der Waals surface area contributed by atoms with Crippen molar-refractivity contribution in [2.45, 2.75) is 13.3 Å². The zero-order chi connectivity index (χ0) is 8.15. The van der Waals surface area contributed by atoms with Crippen LogP contribution in [-0.2, 0) is 4.79 Å². The zero-order valence-corrected chi connectivity index (χ0v) is 6.29. The summed E-state index contributed by atoms with van der Waals surface area (Å²) in [6.45, 7) is 1.72. The minimum Gasteiger partial charge on any atom is -0.387 e. The summed E-state index contributed by atoms with van der Waals surface area (Å²) in [4.78, 5) is 14.2. The average molecular weight is 143 g/mol. The number of rotatable bonds is 3. The highest BCUT2D eigenvalue weighted by Gasteiger charge is 2.09. The first-order chi connectivity index (χ1) is 4.57. The lowest BCUT2D eigenvalue weighted by Crippen LogP contribution is -2.26. The molecule has 0 aliphatic heterocycles. The largest absolute Gasteiger partial charge is 0.387 e. The van der Waals surface area contributed by atoms with Gasteiger partial charge < -0.3 is 11.5 Å². The van der Waals surface area contributed by atoms with Crippen LogP contribution in [0.3, 0.4) is 0 Å². The molecule has 0 aliphatic carbocycles. The van der Waals surface area contributed by atoms with E-state index in [4.69, 9.17) is 11.5 Å². The first-order valence-electron chi connectivity index (χ1n) is 3.08. The third-order valence-corrected chi connectivity index (χ3v) is 1.29.